The Morgan fingerprint density at radius 1 is 1.29 bits per heavy atom. The zero-order valence-corrected chi connectivity index (χ0v) is 18.2. The largest absolute Gasteiger partial charge is 0.506 e. The molecule has 31 heavy (non-hydrogen) atoms. The van der Waals surface area contributed by atoms with E-state index in [0.29, 0.717) is 48.7 Å². The van der Waals surface area contributed by atoms with Crippen molar-refractivity contribution >= 4 is 34.5 Å². The van der Waals surface area contributed by atoms with Gasteiger partial charge in [0.15, 0.2) is 11.3 Å². The molecule has 10 heteroatoms. The van der Waals surface area contributed by atoms with Crippen LogP contribution in [0.1, 0.15) is 44.0 Å². The van der Waals surface area contributed by atoms with Gasteiger partial charge < -0.3 is 20.8 Å². The first-order valence-corrected chi connectivity index (χ1v) is 10.5. The third kappa shape index (κ3) is 3.97. The molecule has 1 aliphatic heterocycles. The van der Waals surface area contributed by atoms with E-state index in [1.54, 1.807) is 6.07 Å². The van der Waals surface area contributed by atoms with Crippen molar-refractivity contribution in [1.82, 2.24) is 24.9 Å². The summed E-state index contributed by atoms with van der Waals surface area (Å²) in [6.07, 6.45) is 0.919. The number of amides is 1. The zero-order valence-electron chi connectivity index (χ0n) is 17.4. The molecule has 1 fully saturated rings. The first-order valence-electron chi connectivity index (χ1n) is 10.1. The second-order valence-corrected chi connectivity index (χ2v) is 9.01. The van der Waals surface area contributed by atoms with Crippen LogP contribution in [0.4, 0.5) is 10.6 Å². The lowest BCUT2D eigenvalue weighted by molar-refractivity contribution is 0.124. The Balaban J connectivity index is 1.66. The first-order chi connectivity index (χ1) is 14.7. The minimum Gasteiger partial charge on any atom is -0.506 e. The highest BCUT2D eigenvalue weighted by Gasteiger charge is 2.29. The van der Waals surface area contributed by atoms with E-state index in [2.05, 4.69) is 15.3 Å². The number of likely N-dealkylation sites (tertiary alicyclic amines) is 1. The summed E-state index contributed by atoms with van der Waals surface area (Å²) in [5.41, 5.74) is 8.43. The van der Waals surface area contributed by atoms with E-state index in [0.717, 1.165) is 16.8 Å². The summed E-state index contributed by atoms with van der Waals surface area (Å²) in [7, 11) is 0. The molecule has 4 N–H and O–H groups in total. The number of aromatic nitrogens is 4. The Hall–Kier alpha value is -3.07. The second-order valence-electron chi connectivity index (χ2n) is 8.60. The summed E-state index contributed by atoms with van der Waals surface area (Å²) in [6.45, 7) is 4.95. The van der Waals surface area contributed by atoms with Gasteiger partial charge in [0.2, 0.25) is 0 Å². The highest BCUT2D eigenvalue weighted by atomic mass is 35.5. The summed E-state index contributed by atoms with van der Waals surface area (Å²) in [5, 5.41) is 33.0. The van der Waals surface area contributed by atoms with Crippen molar-refractivity contribution in [2.45, 2.75) is 44.6 Å². The number of hydrogen-bond donors (Lipinski definition) is 3. The number of anilines is 1. The molecule has 0 atom stereocenters. The average Bonchev–Trinajstić information content (AvgIpc) is 3.07. The van der Waals surface area contributed by atoms with Crippen molar-refractivity contribution in [3.63, 3.8) is 0 Å². The van der Waals surface area contributed by atoms with Gasteiger partial charge in [0, 0.05) is 18.5 Å². The van der Waals surface area contributed by atoms with E-state index in [9.17, 15) is 15.0 Å². The fourth-order valence-corrected chi connectivity index (χ4v) is 4.33. The number of aromatic hydroxyl groups is 1. The number of fused-ring (bicyclic) bond motifs is 1. The summed E-state index contributed by atoms with van der Waals surface area (Å²) in [6, 6.07) is 7.27. The predicted molar refractivity (Wildman–Crippen MR) is 117 cm³/mol. The molecular weight excluding hydrogens is 420 g/mol. The number of nitrogens with two attached hydrogens (primary N) is 1. The van der Waals surface area contributed by atoms with Crippen molar-refractivity contribution < 1.29 is 15.0 Å². The summed E-state index contributed by atoms with van der Waals surface area (Å²) in [4.78, 5) is 12.6. The lowest BCUT2D eigenvalue weighted by Crippen LogP contribution is -2.38. The number of carbonyl (C=O) groups is 1. The lowest BCUT2D eigenvalue weighted by Gasteiger charge is -2.30. The Kier molecular flexibility index (Phi) is 5.38. The molecule has 0 radical (unpaired) electrons. The normalized spacial score (nSPS) is 15.5. The summed E-state index contributed by atoms with van der Waals surface area (Å²) in [5.74, 6) is 0.380. The number of piperidine rings is 1. The van der Waals surface area contributed by atoms with Gasteiger partial charge in [-0.15, -0.1) is 5.10 Å². The van der Waals surface area contributed by atoms with E-state index in [-0.39, 0.29) is 11.8 Å². The van der Waals surface area contributed by atoms with Crippen LogP contribution < -0.4 is 5.73 Å². The fourth-order valence-electron chi connectivity index (χ4n) is 4.14. The van der Waals surface area contributed by atoms with Gasteiger partial charge in [-0.2, -0.15) is 10.2 Å². The number of halogens is 1. The monoisotopic (exact) mass is 444 g/mol. The number of phenolic OH excluding ortho intramolecular Hbond substituents is 1. The van der Waals surface area contributed by atoms with Gasteiger partial charge in [-0.3, -0.25) is 4.68 Å². The third-order valence-corrected chi connectivity index (χ3v) is 6.26. The quantitative estimate of drug-likeness (QED) is 0.560. The third-order valence-electron chi connectivity index (χ3n) is 5.96. The van der Waals surface area contributed by atoms with Gasteiger partial charge in [-0.1, -0.05) is 37.6 Å². The molecule has 0 unspecified atom stereocenters. The van der Waals surface area contributed by atoms with Gasteiger partial charge in [0.05, 0.1) is 22.3 Å². The SMILES string of the molecule is CC(C)(Cc1cccc(Cl)c1O)c1cc2c(nn1)c(N)nn2C1CCN(C(=O)O)CC1. The molecule has 0 spiro atoms. The van der Waals surface area contributed by atoms with Gasteiger partial charge in [0.25, 0.3) is 0 Å². The molecule has 0 saturated carbocycles. The molecule has 3 heterocycles. The van der Waals surface area contributed by atoms with E-state index in [1.165, 1.54) is 4.90 Å². The summed E-state index contributed by atoms with van der Waals surface area (Å²) < 4.78 is 1.86. The molecule has 1 aliphatic rings. The van der Waals surface area contributed by atoms with Crippen molar-refractivity contribution in [2.75, 3.05) is 18.8 Å². The van der Waals surface area contributed by atoms with Crippen LogP contribution in [0.25, 0.3) is 11.0 Å². The van der Waals surface area contributed by atoms with Crippen LogP contribution >= 0.6 is 11.6 Å². The van der Waals surface area contributed by atoms with E-state index >= 15 is 0 Å². The van der Waals surface area contributed by atoms with Crippen molar-refractivity contribution in [1.29, 1.82) is 0 Å². The molecule has 3 aromatic rings. The van der Waals surface area contributed by atoms with E-state index < -0.39 is 11.5 Å². The zero-order chi connectivity index (χ0) is 22.3. The van der Waals surface area contributed by atoms with Crippen LogP contribution in [0.5, 0.6) is 5.75 Å². The fraction of sp³-hybridized carbons (Fsp3) is 0.429. The lowest BCUT2D eigenvalue weighted by atomic mass is 9.82. The molecule has 4 rings (SSSR count). The highest BCUT2D eigenvalue weighted by molar-refractivity contribution is 6.32. The average molecular weight is 445 g/mol. The van der Waals surface area contributed by atoms with Crippen LogP contribution in [0.3, 0.4) is 0 Å². The van der Waals surface area contributed by atoms with Gasteiger partial charge in [0.1, 0.15) is 5.75 Å². The van der Waals surface area contributed by atoms with E-state index in [4.69, 9.17) is 17.3 Å². The molecule has 1 aromatic carbocycles. The molecule has 2 aromatic heterocycles. The van der Waals surface area contributed by atoms with Gasteiger partial charge in [-0.05, 0) is 37.0 Å². The molecule has 1 saturated heterocycles. The Morgan fingerprint density at radius 3 is 2.68 bits per heavy atom. The van der Waals surface area contributed by atoms with Crippen molar-refractivity contribution in [2.24, 2.45) is 0 Å². The molecule has 164 valence electrons. The maximum absolute atomic E-state index is 11.2. The molecule has 1 amide bonds. The number of rotatable bonds is 4. The van der Waals surface area contributed by atoms with Crippen LogP contribution in [0.2, 0.25) is 5.02 Å². The number of carboxylic acid groups (broad SMARTS) is 1. The Labute approximate surface area is 184 Å². The molecular formula is C21H25ClN6O3. The first kappa shape index (κ1) is 21.2. The topological polar surface area (TPSA) is 130 Å². The van der Waals surface area contributed by atoms with Crippen LogP contribution in [0.15, 0.2) is 24.3 Å². The predicted octanol–water partition coefficient (Wildman–Crippen LogP) is 3.60. The molecule has 0 aliphatic carbocycles. The maximum Gasteiger partial charge on any atom is 0.407 e. The standard InChI is InChI=1S/C21H25ClN6O3/c1-21(2,11-12-4-3-5-14(22)18(12)29)16-10-15-17(25-24-16)19(23)26-28(15)13-6-8-27(9-7-13)20(30)31/h3-5,10,13,29H,6-9,11H2,1-2H3,(H2,23,26)(H,30,31). The van der Waals surface area contributed by atoms with Crippen LogP contribution in [-0.4, -0.2) is 54.3 Å². The minimum atomic E-state index is -0.901. The van der Waals surface area contributed by atoms with Gasteiger partial charge in [-0.25, -0.2) is 4.79 Å². The molecule has 9 nitrogen and oxygen atoms in total. The Morgan fingerprint density at radius 2 is 2.00 bits per heavy atom. The molecule has 0 bridgehead atoms. The van der Waals surface area contributed by atoms with Crippen molar-refractivity contribution in [3.8, 4) is 5.75 Å². The highest BCUT2D eigenvalue weighted by Crippen LogP contribution is 2.35. The summed E-state index contributed by atoms with van der Waals surface area (Å²) >= 11 is 6.06. The van der Waals surface area contributed by atoms with Crippen LogP contribution in [-0.2, 0) is 11.8 Å². The van der Waals surface area contributed by atoms with Crippen molar-refractivity contribution in [3.05, 3.63) is 40.5 Å². The number of phenols is 1. The smallest absolute Gasteiger partial charge is 0.407 e. The maximum atomic E-state index is 11.2. The van der Waals surface area contributed by atoms with Crippen LogP contribution in [0, 0.1) is 0 Å². The number of nitrogens with zero attached hydrogens (tertiary/aromatic N) is 5. The van der Waals surface area contributed by atoms with E-state index in [1.807, 2.05) is 36.7 Å². The second kappa shape index (κ2) is 7.88. The number of benzene rings is 1. The minimum absolute atomic E-state index is 0.0348. The number of nitrogen functional groups attached to an aromatic ring is 1. The number of hydrogen-bond acceptors (Lipinski definition) is 6. The van der Waals surface area contributed by atoms with Gasteiger partial charge >= 0.3 is 6.09 Å². The Bertz CT molecular complexity index is 1140. The number of para-hydroxylation sites is 1.